The second-order valence-corrected chi connectivity index (χ2v) is 5.44. The molecule has 1 heterocycles. The van der Waals surface area contributed by atoms with Gasteiger partial charge in [-0.05, 0) is 31.3 Å². The molecule has 0 bridgehead atoms. The lowest BCUT2D eigenvalue weighted by Gasteiger charge is -2.24. The van der Waals surface area contributed by atoms with Gasteiger partial charge in [0.25, 0.3) is 5.91 Å². The zero-order valence-corrected chi connectivity index (χ0v) is 13.0. The van der Waals surface area contributed by atoms with E-state index in [4.69, 9.17) is 4.74 Å². The Hall–Kier alpha value is -1.50. The Bertz CT molecular complexity index is 508. The molecule has 0 aliphatic carbocycles. The van der Waals surface area contributed by atoms with Crippen molar-refractivity contribution >= 4 is 5.91 Å². The number of ether oxygens (including phenoxy) is 1. The van der Waals surface area contributed by atoms with Crippen molar-refractivity contribution in [1.82, 2.24) is 10.2 Å². The highest BCUT2D eigenvalue weighted by Crippen LogP contribution is 2.16. The van der Waals surface area contributed by atoms with Crippen molar-refractivity contribution in [2.75, 3.05) is 26.2 Å². The summed E-state index contributed by atoms with van der Waals surface area (Å²) >= 11 is 0. The number of hydrogen-bond donors (Lipinski definition) is 2. The number of nitrogens with zero attached hydrogens (tertiary/aromatic N) is 1. The average Bonchev–Trinajstić information content (AvgIpc) is 2.85. The van der Waals surface area contributed by atoms with E-state index in [-0.39, 0.29) is 18.3 Å². The second kappa shape index (κ2) is 7.67. The average molecular weight is 310 g/mol. The third-order valence-electron chi connectivity index (χ3n) is 4.02. The topological polar surface area (TPSA) is 61.8 Å². The molecule has 1 aromatic rings. The summed E-state index contributed by atoms with van der Waals surface area (Å²) in [5, 5.41) is 13.0. The number of amides is 1. The van der Waals surface area contributed by atoms with Crippen LogP contribution in [0.1, 0.15) is 24.2 Å². The number of aliphatic hydroxyl groups excluding tert-OH is 1. The van der Waals surface area contributed by atoms with Crippen LogP contribution in [0, 0.1) is 5.82 Å². The number of likely N-dealkylation sites (N-methyl/N-ethyl adjacent to an activating group) is 1. The zero-order chi connectivity index (χ0) is 16.1. The molecule has 5 nitrogen and oxygen atoms in total. The van der Waals surface area contributed by atoms with E-state index in [1.165, 1.54) is 24.3 Å². The van der Waals surface area contributed by atoms with Gasteiger partial charge in [-0.15, -0.1) is 0 Å². The van der Waals surface area contributed by atoms with Gasteiger partial charge in [-0.1, -0.05) is 19.9 Å². The first-order valence-corrected chi connectivity index (χ1v) is 7.63. The fraction of sp³-hybridized carbons (Fsp3) is 0.562. The van der Waals surface area contributed by atoms with Crippen molar-refractivity contribution in [3.8, 4) is 0 Å². The van der Waals surface area contributed by atoms with E-state index >= 15 is 0 Å². The zero-order valence-electron chi connectivity index (χ0n) is 13.0. The van der Waals surface area contributed by atoms with Gasteiger partial charge in [0.05, 0.1) is 18.8 Å². The first kappa shape index (κ1) is 16.9. The maximum atomic E-state index is 13.1. The molecule has 1 fully saturated rings. The summed E-state index contributed by atoms with van der Waals surface area (Å²) in [7, 11) is 0. The number of carbonyl (C=O) groups is 1. The number of carbonyl (C=O) groups excluding carboxylic acids is 1. The van der Waals surface area contributed by atoms with Gasteiger partial charge in [-0.2, -0.15) is 0 Å². The summed E-state index contributed by atoms with van der Waals surface area (Å²) in [5.74, 6) is -0.870. The van der Waals surface area contributed by atoms with Gasteiger partial charge in [0, 0.05) is 12.1 Å². The van der Waals surface area contributed by atoms with Crippen molar-refractivity contribution in [1.29, 1.82) is 0 Å². The van der Waals surface area contributed by atoms with E-state index in [0.29, 0.717) is 6.54 Å². The van der Waals surface area contributed by atoms with Crippen molar-refractivity contribution in [2.45, 2.75) is 32.1 Å². The molecule has 0 radical (unpaired) electrons. The molecule has 3 atom stereocenters. The lowest BCUT2D eigenvalue weighted by molar-refractivity contribution is 0.0171. The standard InChI is InChI=1S/C16H23FN2O3/c1-3-19(4-2)9-14-15(20)13(10-22-14)18-16(21)11-6-5-7-12(17)8-11/h5-8,13-15,20H,3-4,9-10H2,1-2H3,(H,18,21)/t13-,14-,15+/m0/s1. The molecule has 1 aromatic carbocycles. The normalized spacial score (nSPS) is 24.7. The van der Waals surface area contributed by atoms with Crippen LogP contribution in [-0.4, -0.2) is 60.4 Å². The SMILES string of the molecule is CCN(CC)C[C@@H]1OC[C@H](NC(=O)c2cccc(F)c2)[C@H]1O. The minimum absolute atomic E-state index is 0.236. The molecule has 0 saturated carbocycles. The lowest BCUT2D eigenvalue weighted by Crippen LogP contribution is -2.46. The van der Waals surface area contributed by atoms with Crippen molar-refractivity contribution in [3.63, 3.8) is 0 Å². The number of halogens is 1. The van der Waals surface area contributed by atoms with Gasteiger partial charge in [0.1, 0.15) is 11.9 Å². The Morgan fingerprint density at radius 1 is 1.45 bits per heavy atom. The number of rotatable bonds is 6. The molecule has 22 heavy (non-hydrogen) atoms. The predicted octanol–water partition coefficient (Wildman–Crippen LogP) is 1.03. The Morgan fingerprint density at radius 3 is 2.82 bits per heavy atom. The summed E-state index contributed by atoms with van der Waals surface area (Å²) in [4.78, 5) is 14.2. The summed E-state index contributed by atoms with van der Waals surface area (Å²) in [6.45, 7) is 6.74. The van der Waals surface area contributed by atoms with Crippen LogP contribution in [0.5, 0.6) is 0 Å². The van der Waals surface area contributed by atoms with Gasteiger partial charge in [0.2, 0.25) is 0 Å². The number of aliphatic hydroxyl groups is 1. The van der Waals surface area contributed by atoms with Gasteiger partial charge >= 0.3 is 0 Å². The third kappa shape index (κ3) is 4.03. The molecular formula is C16H23FN2O3. The number of hydrogen-bond acceptors (Lipinski definition) is 4. The molecular weight excluding hydrogens is 287 g/mol. The second-order valence-electron chi connectivity index (χ2n) is 5.44. The van der Waals surface area contributed by atoms with Gasteiger partial charge < -0.3 is 20.1 Å². The van der Waals surface area contributed by atoms with Crippen LogP contribution >= 0.6 is 0 Å². The lowest BCUT2D eigenvalue weighted by atomic mass is 10.1. The predicted molar refractivity (Wildman–Crippen MR) is 81.2 cm³/mol. The fourth-order valence-corrected chi connectivity index (χ4v) is 2.59. The molecule has 6 heteroatoms. The largest absolute Gasteiger partial charge is 0.388 e. The van der Waals surface area contributed by atoms with Crippen molar-refractivity contribution < 1.29 is 19.0 Å². The highest BCUT2D eigenvalue weighted by molar-refractivity contribution is 5.94. The molecule has 0 unspecified atom stereocenters. The van der Waals surface area contributed by atoms with E-state index < -0.39 is 23.9 Å². The Kier molecular flexibility index (Phi) is 5.88. The fourth-order valence-electron chi connectivity index (χ4n) is 2.59. The van der Waals surface area contributed by atoms with Crippen LogP contribution in [0.2, 0.25) is 0 Å². The van der Waals surface area contributed by atoms with Crippen LogP contribution in [0.3, 0.4) is 0 Å². The third-order valence-corrected chi connectivity index (χ3v) is 4.02. The summed E-state index contributed by atoms with van der Waals surface area (Å²) in [6, 6.07) is 4.99. The highest BCUT2D eigenvalue weighted by Gasteiger charge is 2.37. The van der Waals surface area contributed by atoms with Crippen molar-refractivity contribution in [2.24, 2.45) is 0 Å². The van der Waals surface area contributed by atoms with E-state index in [1.807, 2.05) is 13.8 Å². The maximum Gasteiger partial charge on any atom is 0.251 e. The summed E-state index contributed by atoms with van der Waals surface area (Å²) in [6.07, 6.45) is -1.09. The molecule has 0 aromatic heterocycles. The van der Waals surface area contributed by atoms with Crippen LogP contribution in [-0.2, 0) is 4.74 Å². The number of benzene rings is 1. The van der Waals surface area contributed by atoms with Crippen LogP contribution in [0.25, 0.3) is 0 Å². The van der Waals surface area contributed by atoms with Crippen LogP contribution in [0.15, 0.2) is 24.3 Å². The minimum atomic E-state index is -0.766. The van der Waals surface area contributed by atoms with E-state index in [0.717, 1.165) is 13.1 Å². The minimum Gasteiger partial charge on any atom is -0.388 e. The molecule has 2 rings (SSSR count). The van der Waals surface area contributed by atoms with Gasteiger partial charge in [-0.25, -0.2) is 4.39 Å². The first-order chi connectivity index (χ1) is 10.5. The Balaban J connectivity index is 1.93. The Morgan fingerprint density at radius 2 is 2.18 bits per heavy atom. The van der Waals surface area contributed by atoms with Gasteiger partial charge in [0.15, 0.2) is 0 Å². The quantitative estimate of drug-likeness (QED) is 0.824. The first-order valence-electron chi connectivity index (χ1n) is 7.63. The van der Waals surface area contributed by atoms with Crippen molar-refractivity contribution in [3.05, 3.63) is 35.6 Å². The molecule has 0 spiro atoms. The summed E-state index contributed by atoms with van der Waals surface area (Å²) < 4.78 is 18.7. The molecule has 2 N–H and O–H groups in total. The molecule has 1 aliphatic heterocycles. The van der Waals surface area contributed by atoms with Gasteiger partial charge in [-0.3, -0.25) is 4.79 Å². The van der Waals surface area contributed by atoms with E-state index in [9.17, 15) is 14.3 Å². The smallest absolute Gasteiger partial charge is 0.251 e. The molecule has 1 aliphatic rings. The monoisotopic (exact) mass is 310 g/mol. The maximum absolute atomic E-state index is 13.1. The van der Waals surface area contributed by atoms with Crippen LogP contribution < -0.4 is 5.32 Å². The highest BCUT2D eigenvalue weighted by atomic mass is 19.1. The summed E-state index contributed by atoms with van der Waals surface area (Å²) in [5.41, 5.74) is 0.236. The molecule has 1 amide bonds. The number of nitrogens with one attached hydrogen (secondary N) is 1. The van der Waals surface area contributed by atoms with E-state index in [2.05, 4.69) is 10.2 Å². The van der Waals surface area contributed by atoms with E-state index in [1.54, 1.807) is 0 Å². The van der Waals surface area contributed by atoms with Crippen LogP contribution in [0.4, 0.5) is 4.39 Å². The molecule has 122 valence electrons. The molecule has 1 saturated heterocycles. The Labute approximate surface area is 130 Å².